The predicted molar refractivity (Wildman–Crippen MR) is 71.7 cm³/mol. The molecular weight excluding hydrogens is 236 g/mol. The van der Waals surface area contributed by atoms with E-state index in [1.807, 2.05) is 6.07 Å². The van der Waals surface area contributed by atoms with Gasteiger partial charge >= 0.3 is 0 Å². The lowest BCUT2D eigenvalue weighted by atomic mass is 10.2. The van der Waals surface area contributed by atoms with Gasteiger partial charge in [-0.15, -0.1) is 0 Å². The van der Waals surface area contributed by atoms with Crippen molar-refractivity contribution in [3.8, 4) is 0 Å². The molecule has 17 heavy (non-hydrogen) atoms. The minimum atomic E-state index is -0.257. The van der Waals surface area contributed by atoms with Crippen LogP contribution in [0.2, 0.25) is 0 Å². The van der Waals surface area contributed by atoms with E-state index in [1.54, 1.807) is 12.3 Å². The number of primary amides is 1. The van der Waals surface area contributed by atoms with Crippen molar-refractivity contribution >= 4 is 28.8 Å². The second kappa shape index (κ2) is 6.80. The molecule has 5 N–H and O–H groups in total. The van der Waals surface area contributed by atoms with E-state index in [2.05, 4.69) is 10.3 Å². The minimum Gasteiger partial charge on any atom is -0.388 e. The highest BCUT2D eigenvalue weighted by atomic mass is 32.1. The molecule has 0 atom stereocenters. The average Bonchev–Trinajstić information content (AvgIpc) is 2.29. The van der Waals surface area contributed by atoms with E-state index in [9.17, 15) is 4.79 Å². The van der Waals surface area contributed by atoms with Crippen LogP contribution in [0.5, 0.6) is 0 Å². The van der Waals surface area contributed by atoms with Crippen LogP contribution in [-0.2, 0) is 4.79 Å². The molecule has 0 aliphatic carbocycles. The van der Waals surface area contributed by atoms with E-state index >= 15 is 0 Å². The van der Waals surface area contributed by atoms with Gasteiger partial charge in [0.2, 0.25) is 5.91 Å². The summed E-state index contributed by atoms with van der Waals surface area (Å²) in [4.78, 5) is 14.9. The van der Waals surface area contributed by atoms with E-state index in [0.717, 1.165) is 25.1 Å². The Morgan fingerprint density at radius 1 is 1.35 bits per heavy atom. The third-order valence-corrected chi connectivity index (χ3v) is 2.40. The monoisotopic (exact) mass is 252 g/mol. The number of nitrogens with one attached hydrogen (secondary N) is 1. The minimum absolute atomic E-state index is 0.257. The van der Waals surface area contributed by atoms with E-state index < -0.39 is 0 Å². The fourth-order valence-corrected chi connectivity index (χ4v) is 1.42. The number of carbonyl (C=O) groups excluding carboxylic acids is 1. The molecule has 1 heterocycles. The fourth-order valence-electron chi connectivity index (χ4n) is 1.30. The molecule has 0 radical (unpaired) electrons. The molecular formula is C11H16N4OS. The molecule has 1 aromatic heterocycles. The Hall–Kier alpha value is -1.69. The molecule has 0 spiro atoms. The van der Waals surface area contributed by atoms with Gasteiger partial charge in [-0.3, -0.25) is 9.78 Å². The van der Waals surface area contributed by atoms with Gasteiger partial charge in [-0.05, 0) is 25.0 Å². The largest absolute Gasteiger partial charge is 0.388 e. The highest BCUT2D eigenvalue weighted by molar-refractivity contribution is 7.80. The number of pyridine rings is 1. The molecule has 0 aliphatic rings. The zero-order valence-corrected chi connectivity index (χ0v) is 10.3. The summed E-state index contributed by atoms with van der Waals surface area (Å²) in [5, 5.41) is 3.19. The zero-order valence-electron chi connectivity index (χ0n) is 9.48. The SMILES string of the molecule is NC(=O)CCCCNc1ccc(C(N)=S)nc1. The molecule has 0 saturated heterocycles. The van der Waals surface area contributed by atoms with Gasteiger partial charge in [0, 0.05) is 13.0 Å². The van der Waals surface area contributed by atoms with Gasteiger partial charge in [0.25, 0.3) is 0 Å². The lowest BCUT2D eigenvalue weighted by Gasteiger charge is -2.06. The van der Waals surface area contributed by atoms with Gasteiger partial charge in [0.15, 0.2) is 0 Å². The number of amides is 1. The molecule has 0 fully saturated rings. The van der Waals surface area contributed by atoms with E-state index in [-0.39, 0.29) is 10.9 Å². The molecule has 0 unspecified atom stereocenters. The Morgan fingerprint density at radius 3 is 2.65 bits per heavy atom. The first kappa shape index (κ1) is 13.4. The lowest BCUT2D eigenvalue weighted by Crippen LogP contribution is -2.12. The number of aromatic nitrogens is 1. The molecule has 1 aromatic rings. The first-order valence-electron chi connectivity index (χ1n) is 5.37. The third-order valence-electron chi connectivity index (χ3n) is 2.20. The summed E-state index contributed by atoms with van der Waals surface area (Å²) in [6, 6.07) is 3.64. The normalized spacial score (nSPS) is 9.88. The molecule has 0 saturated carbocycles. The number of hydrogen-bond acceptors (Lipinski definition) is 4. The number of unbranched alkanes of at least 4 members (excludes halogenated alkanes) is 1. The highest BCUT2D eigenvalue weighted by Gasteiger charge is 1.98. The summed E-state index contributed by atoms with van der Waals surface area (Å²) in [7, 11) is 0. The summed E-state index contributed by atoms with van der Waals surface area (Å²) < 4.78 is 0. The maximum atomic E-state index is 10.5. The van der Waals surface area contributed by atoms with Crippen molar-refractivity contribution < 1.29 is 4.79 Å². The molecule has 0 aliphatic heterocycles. The summed E-state index contributed by atoms with van der Waals surface area (Å²) in [6.07, 6.45) is 3.80. The maximum absolute atomic E-state index is 10.5. The quantitative estimate of drug-likeness (QED) is 0.492. The van der Waals surface area contributed by atoms with Crippen molar-refractivity contribution in [1.29, 1.82) is 0 Å². The number of nitrogens with two attached hydrogens (primary N) is 2. The van der Waals surface area contributed by atoms with Crippen molar-refractivity contribution in [2.75, 3.05) is 11.9 Å². The topological polar surface area (TPSA) is 94.0 Å². The Labute approximate surface area is 106 Å². The van der Waals surface area contributed by atoms with E-state index in [1.165, 1.54) is 0 Å². The van der Waals surface area contributed by atoms with Crippen LogP contribution in [0.1, 0.15) is 25.0 Å². The van der Waals surface area contributed by atoms with Crippen LogP contribution >= 0.6 is 12.2 Å². The first-order valence-corrected chi connectivity index (χ1v) is 5.78. The second-order valence-electron chi connectivity index (χ2n) is 3.65. The smallest absolute Gasteiger partial charge is 0.217 e. The first-order chi connectivity index (χ1) is 8.09. The maximum Gasteiger partial charge on any atom is 0.217 e. The van der Waals surface area contributed by atoms with E-state index in [4.69, 9.17) is 23.7 Å². The molecule has 92 valence electrons. The van der Waals surface area contributed by atoms with Gasteiger partial charge in [-0.2, -0.15) is 0 Å². The highest BCUT2D eigenvalue weighted by Crippen LogP contribution is 2.06. The van der Waals surface area contributed by atoms with Crippen molar-refractivity contribution in [2.24, 2.45) is 11.5 Å². The Balaban J connectivity index is 2.27. The van der Waals surface area contributed by atoms with Crippen molar-refractivity contribution in [2.45, 2.75) is 19.3 Å². The summed E-state index contributed by atoms with van der Waals surface area (Å²) in [6.45, 7) is 0.779. The van der Waals surface area contributed by atoms with Gasteiger partial charge in [0.1, 0.15) is 4.99 Å². The van der Waals surface area contributed by atoms with Crippen molar-refractivity contribution in [3.05, 3.63) is 24.0 Å². The van der Waals surface area contributed by atoms with Gasteiger partial charge in [-0.1, -0.05) is 12.2 Å². The Bertz CT molecular complexity index is 391. The zero-order chi connectivity index (χ0) is 12.7. The lowest BCUT2D eigenvalue weighted by molar-refractivity contribution is -0.118. The van der Waals surface area contributed by atoms with Crippen LogP contribution in [-0.4, -0.2) is 22.4 Å². The number of rotatable bonds is 7. The van der Waals surface area contributed by atoms with Gasteiger partial charge in [-0.25, -0.2) is 0 Å². The molecule has 6 heteroatoms. The fraction of sp³-hybridized carbons (Fsp3) is 0.364. The molecule has 0 bridgehead atoms. The summed E-state index contributed by atoms with van der Waals surface area (Å²) in [5.74, 6) is -0.257. The van der Waals surface area contributed by atoms with E-state index in [0.29, 0.717) is 12.1 Å². The number of thiocarbonyl (C=S) groups is 1. The number of anilines is 1. The van der Waals surface area contributed by atoms with Crippen LogP contribution < -0.4 is 16.8 Å². The average molecular weight is 252 g/mol. The van der Waals surface area contributed by atoms with Gasteiger partial charge < -0.3 is 16.8 Å². The number of nitrogens with zero attached hydrogens (tertiary/aromatic N) is 1. The van der Waals surface area contributed by atoms with Crippen LogP contribution in [0.25, 0.3) is 0 Å². The summed E-state index contributed by atoms with van der Waals surface area (Å²) in [5.41, 5.74) is 12.0. The second-order valence-corrected chi connectivity index (χ2v) is 4.09. The molecule has 1 amide bonds. The molecule has 5 nitrogen and oxygen atoms in total. The van der Waals surface area contributed by atoms with Crippen LogP contribution in [0.3, 0.4) is 0 Å². The predicted octanol–water partition coefficient (Wildman–Crippen LogP) is 0.783. The van der Waals surface area contributed by atoms with Crippen molar-refractivity contribution in [3.63, 3.8) is 0 Å². The number of hydrogen-bond donors (Lipinski definition) is 3. The summed E-state index contributed by atoms with van der Waals surface area (Å²) >= 11 is 4.80. The molecule has 0 aromatic carbocycles. The third kappa shape index (κ3) is 5.26. The van der Waals surface area contributed by atoms with Crippen molar-refractivity contribution in [1.82, 2.24) is 4.98 Å². The Kier molecular flexibility index (Phi) is 5.35. The van der Waals surface area contributed by atoms with Gasteiger partial charge in [0.05, 0.1) is 17.6 Å². The van der Waals surface area contributed by atoms with Crippen LogP contribution in [0, 0.1) is 0 Å². The standard InChI is InChI=1S/C11H16N4OS/c12-10(16)3-1-2-6-14-8-4-5-9(11(13)17)15-7-8/h4-5,7,14H,1-3,6H2,(H2,12,16)(H2,13,17). The van der Waals surface area contributed by atoms with Crippen LogP contribution in [0.4, 0.5) is 5.69 Å². The number of carbonyl (C=O) groups is 1. The molecule has 1 rings (SSSR count). The van der Waals surface area contributed by atoms with Crippen LogP contribution in [0.15, 0.2) is 18.3 Å². The Morgan fingerprint density at radius 2 is 2.12 bits per heavy atom.